The maximum atomic E-state index is 8.43. The molecule has 14 heavy (non-hydrogen) atoms. The summed E-state index contributed by atoms with van der Waals surface area (Å²) in [4.78, 5) is 0. The minimum absolute atomic E-state index is 0.0256. The van der Waals surface area contributed by atoms with Crippen molar-refractivity contribution in [1.82, 2.24) is 0 Å². The van der Waals surface area contributed by atoms with Crippen LogP contribution in [0.5, 0.6) is 0 Å². The van der Waals surface area contributed by atoms with Crippen molar-refractivity contribution in [3.8, 4) is 0 Å². The monoisotopic (exact) mass is 202 g/mol. The van der Waals surface area contributed by atoms with Crippen molar-refractivity contribution in [3.05, 3.63) is 24.3 Å². The summed E-state index contributed by atoms with van der Waals surface area (Å²) in [5.41, 5.74) is 0. The lowest BCUT2D eigenvalue weighted by molar-refractivity contribution is -0.114. The average molecular weight is 202 g/mol. The van der Waals surface area contributed by atoms with Gasteiger partial charge in [-0.3, -0.25) is 0 Å². The molecule has 0 radical (unpaired) electrons. The molecular formula is C10H18O4. The summed E-state index contributed by atoms with van der Waals surface area (Å²) in [6.45, 7) is 2.69. The third kappa shape index (κ3) is 9.41. The zero-order valence-electron chi connectivity index (χ0n) is 8.43. The Morgan fingerprint density at radius 3 is 1.71 bits per heavy atom. The number of aliphatic hydroxyl groups excluding tert-OH is 2. The number of hydrogen-bond acceptors (Lipinski definition) is 4. The van der Waals surface area contributed by atoms with E-state index < -0.39 is 0 Å². The molecule has 82 valence electrons. The summed E-state index contributed by atoms with van der Waals surface area (Å²) in [5.74, 6) is 0. The van der Waals surface area contributed by atoms with Crippen molar-refractivity contribution in [2.75, 3.05) is 26.4 Å². The summed E-state index contributed by atoms with van der Waals surface area (Å²) in [5, 5.41) is 16.9. The second kappa shape index (κ2) is 10.4. The van der Waals surface area contributed by atoms with Crippen LogP contribution < -0.4 is 0 Å². The second-order valence-corrected chi connectivity index (χ2v) is 2.54. The molecule has 0 spiro atoms. The minimum atomic E-state index is -0.290. The van der Waals surface area contributed by atoms with E-state index in [9.17, 15) is 0 Å². The van der Waals surface area contributed by atoms with E-state index in [-0.39, 0.29) is 19.5 Å². The van der Waals surface area contributed by atoms with Crippen molar-refractivity contribution in [1.29, 1.82) is 0 Å². The van der Waals surface area contributed by atoms with Crippen molar-refractivity contribution in [2.24, 2.45) is 0 Å². The predicted octanol–water partition coefficient (Wildman–Crippen LogP) is 0.463. The molecule has 0 aliphatic heterocycles. The van der Waals surface area contributed by atoms with Crippen LogP contribution in [0, 0.1) is 0 Å². The zero-order valence-corrected chi connectivity index (χ0v) is 8.43. The Balaban J connectivity index is 3.31. The molecule has 4 heteroatoms. The Kier molecular flexibility index (Phi) is 9.90. The van der Waals surface area contributed by atoms with Gasteiger partial charge in [-0.2, -0.15) is 0 Å². The van der Waals surface area contributed by atoms with Gasteiger partial charge < -0.3 is 19.7 Å². The maximum Gasteiger partial charge on any atom is 0.155 e. The fourth-order valence-corrected chi connectivity index (χ4v) is 0.715. The van der Waals surface area contributed by atoms with Crippen LogP contribution in [0.4, 0.5) is 0 Å². The van der Waals surface area contributed by atoms with E-state index in [1.807, 2.05) is 0 Å². The van der Waals surface area contributed by atoms with Crippen LogP contribution in [-0.2, 0) is 9.47 Å². The largest absolute Gasteiger partial charge is 0.392 e. The molecule has 0 aliphatic rings. The van der Waals surface area contributed by atoms with Gasteiger partial charge in [0, 0.05) is 0 Å². The SMILES string of the molecule is CC(OC/C=C/CO)OC/C=C/CO. The molecule has 0 unspecified atom stereocenters. The minimum Gasteiger partial charge on any atom is -0.392 e. The third-order valence-electron chi connectivity index (χ3n) is 1.40. The highest BCUT2D eigenvalue weighted by Gasteiger charge is 1.97. The van der Waals surface area contributed by atoms with Gasteiger partial charge in [-0.1, -0.05) is 24.3 Å². The maximum absolute atomic E-state index is 8.43. The van der Waals surface area contributed by atoms with Gasteiger partial charge in [-0.25, -0.2) is 0 Å². The quantitative estimate of drug-likeness (QED) is 0.443. The average Bonchev–Trinajstić information content (AvgIpc) is 2.19. The van der Waals surface area contributed by atoms with E-state index in [1.165, 1.54) is 0 Å². The Hall–Kier alpha value is -0.680. The van der Waals surface area contributed by atoms with Crippen LogP contribution in [0.3, 0.4) is 0 Å². The summed E-state index contributed by atoms with van der Waals surface area (Å²) >= 11 is 0. The van der Waals surface area contributed by atoms with Crippen LogP contribution >= 0.6 is 0 Å². The molecule has 0 atom stereocenters. The number of aliphatic hydroxyl groups is 2. The molecule has 0 fully saturated rings. The normalized spacial score (nSPS) is 12.3. The molecule has 2 N–H and O–H groups in total. The zero-order chi connectivity index (χ0) is 10.6. The van der Waals surface area contributed by atoms with Gasteiger partial charge in [0.2, 0.25) is 0 Å². The van der Waals surface area contributed by atoms with Crippen LogP contribution in [-0.4, -0.2) is 42.9 Å². The molecule has 0 aromatic rings. The molecule has 0 amide bonds. The Bertz CT molecular complexity index is 148. The van der Waals surface area contributed by atoms with Crippen molar-refractivity contribution >= 4 is 0 Å². The molecule has 0 saturated heterocycles. The molecule has 0 saturated carbocycles. The first-order chi connectivity index (χ1) is 6.81. The lowest BCUT2D eigenvalue weighted by Gasteiger charge is -2.10. The summed E-state index contributed by atoms with van der Waals surface area (Å²) in [7, 11) is 0. The van der Waals surface area contributed by atoms with Crippen LogP contribution in [0.2, 0.25) is 0 Å². The molecule has 4 nitrogen and oxygen atoms in total. The van der Waals surface area contributed by atoms with Gasteiger partial charge in [-0.15, -0.1) is 0 Å². The molecule has 0 aliphatic carbocycles. The standard InChI is InChI=1S/C10H18O4/c1-10(13-8-4-2-6-11)14-9-5-3-7-12/h2-5,10-12H,6-9H2,1H3/b4-2+,5-3+. The van der Waals surface area contributed by atoms with E-state index >= 15 is 0 Å². The third-order valence-corrected chi connectivity index (χ3v) is 1.40. The van der Waals surface area contributed by atoms with Crippen molar-refractivity contribution in [3.63, 3.8) is 0 Å². The summed E-state index contributed by atoms with van der Waals surface area (Å²) in [6, 6.07) is 0. The van der Waals surface area contributed by atoms with Gasteiger partial charge >= 0.3 is 0 Å². The highest BCUT2D eigenvalue weighted by Crippen LogP contribution is 1.93. The molecule has 0 heterocycles. The fraction of sp³-hybridized carbons (Fsp3) is 0.600. The number of hydrogen-bond donors (Lipinski definition) is 2. The van der Waals surface area contributed by atoms with Crippen molar-refractivity contribution in [2.45, 2.75) is 13.2 Å². The fourth-order valence-electron chi connectivity index (χ4n) is 0.715. The van der Waals surface area contributed by atoms with E-state index in [2.05, 4.69) is 0 Å². The highest BCUT2D eigenvalue weighted by molar-refractivity contribution is 4.81. The van der Waals surface area contributed by atoms with Crippen molar-refractivity contribution < 1.29 is 19.7 Å². The summed E-state index contributed by atoms with van der Waals surface area (Å²) in [6.07, 6.45) is 6.38. The van der Waals surface area contributed by atoms with Crippen LogP contribution in [0.25, 0.3) is 0 Å². The predicted molar refractivity (Wildman–Crippen MR) is 53.8 cm³/mol. The van der Waals surface area contributed by atoms with E-state index in [4.69, 9.17) is 19.7 Å². The highest BCUT2D eigenvalue weighted by atomic mass is 16.7. The van der Waals surface area contributed by atoms with Gasteiger partial charge in [0.25, 0.3) is 0 Å². The molecule has 0 rings (SSSR count). The Morgan fingerprint density at radius 1 is 0.929 bits per heavy atom. The first-order valence-electron chi connectivity index (χ1n) is 4.56. The van der Waals surface area contributed by atoms with Gasteiger partial charge in [0.1, 0.15) is 0 Å². The van der Waals surface area contributed by atoms with Gasteiger partial charge in [0.15, 0.2) is 6.29 Å². The second-order valence-electron chi connectivity index (χ2n) is 2.54. The smallest absolute Gasteiger partial charge is 0.155 e. The first-order valence-corrected chi connectivity index (χ1v) is 4.56. The number of rotatable bonds is 8. The lowest BCUT2D eigenvalue weighted by Crippen LogP contribution is -2.13. The topological polar surface area (TPSA) is 58.9 Å². The molecule has 0 aromatic heterocycles. The van der Waals surface area contributed by atoms with Gasteiger partial charge in [0.05, 0.1) is 26.4 Å². The van der Waals surface area contributed by atoms with E-state index in [1.54, 1.807) is 31.2 Å². The van der Waals surface area contributed by atoms with Crippen LogP contribution in [0.1, 0.15) is 6.92 Å². The Morgan fingerprint density at radius 2 is 1.36 bits per heavy atom. The first kappa shape index (κ1) is 13.3. The molecule has 0 aromatic carbocycles. The lowest BCUT2D eigenvalue weighted by atomic mass is 10.5. The Labute approximate surface area is 84.5 Å². The molecule has 0 bridgehead atoms. The van der Waals surface area contributed by atoms with Gasteiger partial charge in [-0.05, 0) is 6.92 Å². The van der Waals surface area contributed by atoms with E-state index in [0.717, 1.165) is 0 Å². The molecular weight excluding hydrogens is 184 g/mol. The summed E-state index contributed by atoms with van der Waals surface area (Å²) < 4.78 is 10.4. The number of ether oxygens (including phenoxy) is 2. The van der Waals surface area contributed by atoms with Crippen LogP contribution in [0.15, 0.2) is 24.3 Å². The van der Waals surface area contributed by atoms with E-state index in [0.29, 0.717) is 13.2 Å².